The Morgan fingerprint density at radius 3 is 2.36 bits per heavy atom. The van der Waals surface area contributed by atoms with Crippen molar-refractivity contribution in [2.24, 2.45) is 11.8 Å². The van der Waals surface area contributed by atoms with E-state index in [1.807, 2.05) is 6.07 Å². The van der Waals surface area contributed by atoms with Crippen molar-refractivity contribution in [1.29, 1.82) is 0 Å². The molecule has 0 bridgehead atoms. The van der Waals surface area contributed by atoms with Crippen LogP contribution in [-0.4, -0.2) is 0 Å². The van der Waals surface area contributed by atoms with E-state index in [0.29, 0.717) is 5.92 Å². The van der Waals surface area contributed by atoms with Gasteiger partial charge in [0.15, 0.2) is 0 Å². The number of benzene rings is 1. The fraction of sp³-hybridized carbons (Fsp3) is 0.538. The van der Waals surface area contributed by atoms with Crippen molar-refractivity contribution in [3.63, 3.8) is 0 Å². The average Bonchev–Trinajstić information content (AvgIpc) is 2.47. The highest BCUT2D eigenvalue weighted by atomic mass is 19.1. The summed E-state index contributed by atoms with van der Waals surface area (Å²) in [5.74, 6) is 2.04. The molecule has 0 radical (unpaired) electrons. The Hall–Kier alpha value is -0.850. The summed E-state index contributed by atoms with van der Waals surface area (Å²) < 4.78 is 13.0. The topological polar surface area (TPSA) is 0 Å². The first-order valence-corrected chi connectivity index (χ1v) is 5.42. The van der Waals surface area contributed by atoms with Crippen LogP contribution in [0.3, 0.4) is 0 Å². The summed E-state index contributed by atoms with van der Waals surface area (Å²) in [5, 5.41) is 0. The summed E-state index contributed by atoms with van der Waals surface area (Å²) in [6.07, 6.45) is 2.43. The predicted molar refractivity (Wildman–Crippen MR) is 56.7 cm³/mol. The van der Waals surface area contributed by atoms with Crippen molar-refractivity contribution < 1.29 is 4.39 Å². The third kappa shape index (κ3) is 1.82. The standard InChI is InChI=1S/C13H17F/c1-9-6-12(7-10(9)2)11-4-3-5-13(14)8-11/h3-5,8-10,12H,6-7H2,1-2H3. The number of rotatable bonds is 1. The van der Waals surface area contributed by atoms with Gasteiger partial charge in [-0.1, -0.05) is 26.0 Å². The van der Waals surface area contributed by atoms with E-state index in [1.54, 1.807) is 6.07 Å². The Labute approximate surface area is 85.1 Å². The Morgan fingerprint density at radius 2 is 1.79 bits per heavy atom. The fourth-order valence-corrected chi connectivity index (χ4v) is 2.49. The molecule has 0 aliphatic heterocycles. The SMILES string of the molecule is CC1CC(c2cccc(F)c2)CC1C. The quantitative estimate of drug-likeness (QED) is 0.631. The van der Waals surface area contributed by atoms with E-state index in [-0.39, 0.29) is 5.82 Å². The van der Waals surface area contributed by atoms with E-state index in [2.05, 4.69) is 19.9 Å². The molecule has 2 rings (SSSR count). The van der Waals surface area contributed by atoms with E-state index < -0.39 is 0 Å². The average molecular weight is 192 g/mol. The highest BCUT2D eigenvalue weighted by Gasteiger charge is 2.28. The minimum absolute atomic E-state index is 0.102. The van der Waals surface area contributed by atoms with E-state index in [4.69, 9.17) is 0 Å². The number of halogens is 1. The van der Waals surface area contributed by atoms with Crippen LogP contribution in [0.1, 0.15) is 38.2 Å². The van der Waals surface area contributed by atoms with Gasteiger partial charge in [0, 0.05) is 0 Å². The van der Waals surface area contributed by atoms with Crippen molar-refractivity contribution >= 4 is 0 Å². The molecule has 0 saturated heterocycles. The van der Waals surface area contributed by atoms with Crippen LogP contribution in [0.5, 0.6) is 0 Å². The molecule has 14 heavy (non-hydrogen) atoms. The van der Waals surface area contributed by atoms with Crippen LogP contribution in [0.15, 0.2) is 24.3 Å². The summed E-state index contributed by atoms with van der Waals surface area (Å²) in [4.78, 5) is 0. The van der Waals surface area contributed by atoms with E-state index in [1.165, 1.54) is 24.5 Å². The molecule has 1 saturated carbocycles. The summed E-state index contributed by atoms with van der Waals surface area (Å²) in [6, 6.07) is 7.08. The van der Waals surface area contributed by atoms with Gasteiger partial charge in [-0.2, -0.15) is 0 Å². The molecular weight excluding hydrogens is 175 g/mol. The van der Waals surface area contributed by atoms with Crippen LogP contribution in [0, 0.1) is 17.7 Å². The molecule has 1 aliphatic rings. The van der Waals surface area contributed by atoms with Crippen LogP contribution in [0.4, 0.5) is 4.39 Å². The molecule has 1 heteroatoms. The van der Waals surface area contributed by atoms with Crippen LogP contribution < -0.4 is 0 Å². The van der Waals surface area contributed by atoms with Crippen molar-refractivity contribution in [3.8, 4) is 0 Å². The van der Waals surface area contributed by atoms with Gasteiger partial charge in [-0.05, 0) is 48.3 Å². The lowest BCUT2D eigenvalue weighted by molar-refractivity contribution is 0.457. The molecule has 0 heterocycles. The van der Waals surface area contributed by atoms with E-state index in [0.717, 1.165) is 11.8 Å². The lowest BCUT2D eigenvalue weighted by Crippen LogP contribution is -1.95. The molecule has 2 unspecified atom stereocenters. The summed E-state index contributed by atoms with van der Waals surface area (Å²) in [7, 11) is 0. The monoisotopic (exact) mass is 192 g/mol. The van der Waals surface area contributed by atoms with Crippen molar-refractivity contribution in [2.75, 3.05) is 0 Å². The number of hydrogen-bond acceptors (Lipinski definition) is 0. The molecule has 1 aromatic rings. The van der Waals surface area contributed by atoms with Gasteiger partial charge in [0.2, 0.25) is 0 Å². The van der Waals surface area contributed by atoms with Crippen LogP contribution in [0.2, 0.25) is 0 Å². The zero-order valence-electron chi connectivity index (χ0n) is 8.83. The zero-order chi connectivity index (χ0) is 10.1. The van der Waals surface area contributed by atoms with Gasteiger partial charge < -0.3 is 0 Å². The van der Waals surface area contributed by atoms with Crippen molar-refractivity contribution in [3.05, 3.63) is 35.6 Å². The van der Waals surface area contributed by atoms with Gasteiger partial charge >= 0.3 is 0 Å². The highest BCUT2D eigenvalue weighted by Crippen LogP contribution is 2.41. The summed E-state index contributed by atoms with van der Waals surface area (Å²) >= 11 is 0. The van der Waals surface area contributed by atoms with Crippen LogP contribution in [0.25, 0.3) is 0 Å². The minimum Gasteiger partial charge on any atom is -0.207 e. The molecule has 76 valence electrons. The molecule has 0 amide bonds. The van der Waals surface area contributed by atoms with Crippen molar-refractivity contribution in [1.82, 2.24) is 0 Å². The summed E-state index contributed by atoms with van der Waals surface area (Å²) in [6.45, 7) is 4.59. The van der Waals surface area contributed by atoms with Gasteiger partial charge in [-0.15, -0.1) is 0 Å². The summed E-state index contributed by atoms with van der Waals surface area (Å²) in [5.41, 5.74) is 1.18. The first-order valence-electron chi connectivity index (χ1n) is 5.42. The Morgan fingerprint density at radius 1 is 1.14 bits per heavy atom. The molecule has 1 fully saturated rings. The largest absolute Gasteiger partial charge is 0.207 e. The lowest BCUT2D eigenvalue weighted by Gasteiger charge is -2.09. The second-order valence-corrected chi connectivity index (χ2v) is 4.68. The molecular formula is C13H17F. The molecule has 2 atom stereocenters. The van der Waals surface area contributed by atoms with E-state index in [9.17, 15) is 4.39 Å². The van der Waals surface area contributed by atoms with Gasteiger partial charge in [-0.3, -0.25) is 0 Å². The first-order chi connectivity index (χ1) is 6.66. The van der Waals surface area contributed by atoms with Crippen LogP contribution >= 0.6 is 0 Å². The van der Waals surface area contributed by atoms with Gasteiger partial charge in [0.05, 0.1) is 0 Å². The third-order valence-corrected chi connectivity index (χ3v) is 3.60. The Bertz CT molecular complexity index is 309. The highest BCUT2D eigenvalue weighted by molar-refractivity contribution is 5.22. The maximum Gasteiger partial charge on any atom is 0.123 e. The lowest BCUT2D eigenvalue weighted by atomic mass is 9.96. The minimum atomic E-state index is -0.102. The van der Waals surface area contributed by atoms with Gasteiger partial charge in [0.1, 0.15) is 5.82 Å². The molecule has 0 N–H and O–H groups in total. The maximum absolute atomic E-state index is 13.0. The Balaban J connectivity index is 2.17. The number of hydrogen-bond donors (Lipinski definition) is 0. The second-order valence-electron chi connectivity index (χ2n) is 4.68. The smallest absolute Gasteiger partial charge is 0.123 e. The van der Waals surface area contributed by atoms with Crippen LogP contribution in [-0.2, 0) is 0 Å². The Kier molecular flexibility index (Phi) is 2.58. The van der Waals surface area contributed by atoms with Gasteiger partial charge in [-0.25, -0.2) is 4.39 Å². The molecule has 0 spiro atoms. The second kappa shape index (κ2) is 3.72. The molecule has 0 aromatic heterocycles. The van der Waals surface area contributed by atoms with E-state index >= 15 is 0 Å². The van der Waals surface area contributed by atoms with Crippen molar-refractivity contribution in [2.45, 2.75) is 32.6 Å². The predicted octanol–water partition coefficient (Wildman–Crippen LogP) is 3.98. The fourth-order valence-electron chi connectivity index (χ4n) is 2.49. The first kappa shape index (κ1) is 9.70. The maximum atomic E-state index is 13.0. The normalized spacial score (nSPS) is 32.1. The molecule has 0 nitrogen and oxygen atoms in total. The zero-order valence-corrected chi connectivity index (χ0v) is 8.83. The molecule has 1 aromatic carbocycles. The van der Waals surface area contributed by atoms with Gasteiger partial charge in [0.25, 0.3) is 0 Å². The third-order valence-electron chi connectivity index (χ3n) is 3.60. The molecule has 1 aliphatic carbocycles.